The highest BCUT2D eigenvalue weighted by atomic mass is 35.5. The van der Waals surface area contributed by atoms with E-state index in [1.54, 1.807) is 37.5 Å². The molecule has 1 saturated carbocycles. The Balaban J connectivity index is 1.37. The van der Waals surface area contributed by atoms with E-state index >= 15 is 0 Å². The van der Waals surface area contributed by atoms with Crippen molar-refractivity contribution in [1.82, 2.24) is 14.9 Å². The number of anilines is 1. The second-order valence-electron chi connectivity index (χ2n) is 9.04. The molecule has 12 heteroatoms. The van der Waals surface area contributed by atoms with Gasteiger partial charge in [-0.25, -0.2) is 23.2 Å². The maximum absolute atomic E-state index is 12.6. The van der Waals surface area contributed by atoms with E-state index in [1.165, 1.54) is 0 Å². The predicted molar refractivity (Wildman–Crippen MR) is 147 cm³/mol. The zero-order valence-corrected chi connectivity index (χ0v) is 22.7. The van der Waals surface area contributed by atoms with Gasteiger partial charge in [0.25, 0.3) is 0 Å². The van der Waals surface area contributed by atoms with E-state index in [9.17, 15) is 13.2 Å². The molecule has 10 nitrogen and oxygen atoms in total. The summed E-state index contributed by atoms with van der Waals surface area (Å²) in [5, 5.41) is 2.74. The summed E-state index contributed by atoms with van der Waals surface area (Å²) >= 11 is 5.92. The Morgan fingerprint density at radius 1 is 1.24 bits per heavy atom. The Hall–Kier alpha value is -3.05. The van der Waals surface area contributed by atoms with Crippen molar-refractivity contribution in [3.8, 4) is 0 Å². The van der Waals surface area contributed by atoms with Crippen LogP contribution in [0.1, 0.15) is 63.1 Å². The molecule has 0 saturated heterocycles. The Labute approximate surface area is 223 Å². The van der Waals surface area contributed by atoms with Gasteiger partial charge in [-0.2, -0.15) is 0 Å². The van der Waals surface area contributed by atoms with Crippen LogP contribution in [0.25, 0.3) is 5.70 Å². The monoisotopic (exact) mass is 550 g/mol. The van der Waals surface area contributed by atoms with Crippen LogP contribution in [-0.4, -0.2) is 41.1 Å². The number of aromatic nitrogens is 2. The Kier molecular flexibility index (Phi) is 10.4. The molecule has 0 unspecified atom stereocenters. The van der Waals surface area contributed by atoms with Crippen LogP contribution in [0, 0.1) is 0 Å². The first-order chi connectivity index (χ1) is 17.7. The molecule has 3 rings (SSSR count). The first-order valence-corrected chi connectivity index (χ1v) is 14.3. The van der Waals surface area contributed by atoms with Crippen molar-refractivity contribution < 1.29 is 17.9 Å². The van der Waals surface area contributed by atoms with Gasteiger partial charge in [-0.05, 0) is 50.3 Å². The Morgan fingerprint density at radius 3 is 2.59 bits per heavy atom. The van der Waals surface area contributed by atoms with Gasteiger partial charge in [0.15, 0.2) is 5.82 Å². The van der Waals surface area contributed by atoms with Crippen LogP contribution in [0.15, 0.2) is 42.2 Å². The fraction of sp³-hybridized carbons (Fsp3) is 0.480. The van der Waals surface area contributed by atoms with E-state index in [-0.39, 0.29) is 18.4 Å². The van der Waals surface area contributed by atoms with Gasteiger partial charge >= 0.3 is 6.09 Å². The van der Waals surface area contributed by atoms with Gasteiger partial charge < -0.3 is 20.4 Å². The number of unbranched alkanes of at least 4 members (excludes halogenated alkanes) is 1. The van der Waals surface area contributed by atoms with E-state index in [2.05, 4.69) is 26.6 Å². The SMILES string of the molecule is C=C(N)c1ncn(CCCCOC(=O)NCc2ccc(NS(=O)(=O)C3CCCCC3)cc2)c1N=C(C)Cl. The molecular formula is C25H35ClN6O4S. The van der Waals surface area contributed by atoms with E-state index in [0.717, 1.165) is 31.2 Å². The number of amides is 1. The predicted octanol–water partition coefficient (Wildman–Crippen LogP) is 4.88. The fourth-order valence-electron chi connectivity index (χ4n) is 4.12. The average Bonchev–Trinajstić information content (AvgIpc) is 3.25. The number of nitrogens with two attached hydrogens (primary N) is 1. The van der Waals surface area contributed by atoms with Crippen molar-refractivity contribution in [3.05, 3.63) is 48.4 Å². The van der Waals surface area contributed by atoms with Crippen LogP contribution in [0.3, 0.4) is 0 Å². The number of benzene rings is 1. The summed E-state index contributed by atoms with van der Waals surface area (Å²) in [6.07, 6.45) is 6.89. The summed E-state index contributed by atoms with van der Waals surface area (Å²) in [5.41, 5.74) is 7.92. The number of sulfonamides is 1. The Morgan fingerprint density at radius 2 is 1.95 bits per heavy atom. The van der Waals surface area contributed by atoms with Crippen molar-refractivity contribution in [2.45, 2.75) is 70.2 Å². The molecule has 1 aromatic carbocycles. The lowest BCUT2D eigenvalue weighted by atomic mass is 10.0. The van der Waals surface area contributed by atoms with E-state index in [4.69, 9.17) is 22.1 Å². The van der Waals surface area contributed by atoms with Gasteiger partial charge in [0.1, 0.15) is 10.9 Å². The summed E-state index contributed by atoms with van der Waals surface area (Å²) in [5.74, 6) is 0.548. The van der Waals surface area contributed by atoms with Crippen LogP contribution in [0.2, 0.25) is 0 Å². The van der Waals surface area contributed by atoms with E-state index in [0.29, 0.717) is 53.9 Å². The lowest BCUT2D eigenvalue weighted by molar-refractivity contribution is 0.143. The normalized spacial score (nSPS) is 14.8. The standard InChI is InChI=1S/C25H35ClN6O4S/c1-18(27)23-24(30-19(2)26)32(17-29-23)14-6-7-15-36-25(33)28-16-20-10-12-21(13-11-20)31-37(34,35)22-8-4-3-5-9-22/h10-13,17,22,31H,1,3-9,14-16,27H2,2H3,(H,28,33). The molecule has 0 aliphatic heterocycles. The number of alkyl carbamates (subject to hydrolysis) is 1. The number of nitrogens with zero attached hydrogens (tertiary/aromatic N) is 3. The van der Waals surface area contributed by atoms with Gasteiger partial charge in [-0.1, -0.05) is 49.6 Å². The van der Waals surface area contributed by atoms with Crippen molar-refractivity contribution in [2.24, 2.45) is 10.7 Å². The number of nitrogens with one attached hydrogen (secondary N) is 2. The van der Waals surface area contributed by atoms with Gasteiger partial charge in [0.2, 0.25) is 10.0 Å². The van der Waals surface area contributed by atoms with Crippen molar-refractivity contribution in [1.29, 1.82) is 0 Å². The number of aliphatic imine (C=N–C) groups is 1. The molecule has 202 valence electrons. The van der Waals surface area contributed by atoms with Gasteiger partial charge in [-0.3, -0.25) is 4.72 Å². The molecule has 0 radical (unpaired) electrons. The van der Waals surface area contributed by atoms with Gasteiger partial charge in [0.05, 0.1) is 23.9 Å². The first-order valence-electron chi connectivity index (χ1n) is 12.4. The number of carbonyl (C=O) groups excluding carboxylic acids is 1. The third-order valence-corrected chi connectivity index (χ3v) is 8.00. The largest absolute Gasteiger partial charge is 0.450 e. The van der Waals surface area contributed by atoms with Gasteiger partial charge in [0, 0.05) is 18.8 Å². The highest BCUT2D eigenvalue weighted by molar-refractivity contribution is 7.93. The van der Waals surface area contributed by atoms with Crippen LogP contribution < -0.4 is 15.8 Å². The maximum Gasteiger partial charge on any atom is 0.407 e. The molecule has 1 heterocycles. The second kappa shape index (κ2) is 13.5. The summed E-state index contributed by atoms with van der Waals surface area (Å²) in [7, 11) is -3.38. The molecule has 1 aromatic heterocycles. The molecule has 4 N–H and O–H groups in total. The minimum atomic E-state index is -3.38. The third-order valence-electron chi connectivity index (χ3n) is 6.04. The summed E-state index contributed by atoms with van der Waals surface area (Å²) in [4.78, 5) is 20.6. The van der Waals surface area contributed by atoms with Crippen molar-refractivity contribution in [2.75, 3.05) is 11.3 Å². The number of hydrogen-bond donors (Lipinski definition) is 3. The van der Waals surface area contributed by atoms with Crippen LogP contribution in [0.4, 0.5) is 16.3 Å². The smallest absolute Gasteiger partial charge is 0.407 e. The highest BCUT2D eigenvalue weighted by Gasteiger charge is 2.27. The zero-order valence-electron chi connectivity index (χ0n) is 21.1. The molecule has 2 aromatic rings. The van der Waals surface area contributed by atoms with Crippen LogP contribution in [0.5, 0.6) is 0 Å². The van der Waals surface area contributed by atoms with Crippen LogP contribution in [-0.2, 0) is 27.8 Å². The first kappa shape index (κ1) is 28.5. The minimum absolute atomic E-state index is 0.256. The number of imidazole rings is 1. The number of carbonyl (C=O) groups is 1. The lowest BCUT2D eigenvalue weighted by Crippen LogP contribution is -2.29. The average molecular weight is 551 g/mol. The van der Waals surface area contributed by atoms with Crippen molar-refractivity contribution >= 4 is 50.1 Å². The molecule has 1 fully saturated rings. The lowest BCUT2D eigenvalue weighted by Gasteiger charge is -2.22. The fourth-order valence-corrected chi connectivity index (χ4v) is 5.78. The number of halogens is 1. The number of rotatable bonds is 12. The molecule has 0 bridgehead atoms. The van der Waals surface area contributed by atoms with E-state index in [1.807, 2.05) is 4.57 Å². The molecular weight excluding hydrogens is 516 g/mol. The summed E-state index contributed by atoms with van der Waals surface area (Å²) < 4.78 is 34.9. The molecule has 0 atom stereocenters. The van der Waals surface area contributed by atoms with Crippen molar-refractivity contribution in [3.63, 3.8) is 0 Å². The molecule has 1 amide bonds. The minimum Gasteiger partial charge on any atom is -0.450 e. The number of ether oxygens (including phenoxy) is 1. The van der Waals surface area contributed by atoms with Gasteiger partial charge in [-0.15, -0.1) is 0 Å². The second-order valence-corrected chi connectivity index (χ2v) is 11.6. The zero-order chi connectivity index (χ0) is 26.8. The quantitative estimate of drug-likeness (QED) is 0.254. The molecule has 1 aliphatic carbocycles. The summed E-state index contributed by atoms with van der Waals surface area (Å²) in [6.45, 7) is 6.51. The summed E-state index contributed by atoms with van der Waals surface area (Å²) in [6, 6.07) is 6.95. The maximum atomic E-state index is 12.6. The third kappa shape index (κ3) is 8.78. The topological polar surface area (TPSA) is 141 Å². The number of hydrogen-bond acceptors (Lipinski definition) is 7. The highest BCUT2D eigenvalue weighted by Crippen LogP contribution is 2.26. The van der Waals surface area contributed by atoms with E-state index < -0.39 is 16.1 Å². The van der Waals surface area contributed by atoms with Crippen LogP contribution >= 0.6 is 11.6 Å². The number of aryl methyl sites for hydroxylation is 1. The Bertz CT molecular complexity index is 1200. The molecule has 1 aliphatic rings. The molecule has 0 spiro atoms. The molecule has 37 heavy (non-hydrogen) atoms.